The van der Waals surface area contributed by atoms with E-state index in [4.69, 9.17) is 34.7 Å². The van der Waals surface area contributed by atoms with E-state index in [0.717, 1.165) is 0 Å². The van der Waals surface area contributed by atoms with Crippen molar-refractivity contribution in [3.63, 3.8) is 0 Å². The van der Waals surface area contributed by atoms with Crippen LogP contribution in [0.4, 0.5) is 5.95 Å². The van der Waals surface area contributed by atoms with Crippen LogP contribution in [0.2, 0.25) is 5.02 Å². The molecule has 0 aliphatic carbocycles. The third kappa shape index (κ3) is 6.03. The van der Waals surface area contributed by atoms with Crippen LogP contribution in [-0.2, 0) is 26.1 Å². The maximum atomic E-state index is 13.6. The zero-order chi connectivity index (χ0) is 28.8. The number of methoxy groups -OCH3 is 3. The number of rotatable bonds is 13. The number of hydrogen-bond acceptors (Lipinski definition) is 10. The standard InChI is InChI=1S/C22H29ClN6O6S/c1-6-10-35-20(21-24-11-15(23)12-25-21)14(2)36(30,31)28-22-27-26-18(13-32-3)29(22)19-16(33-4)8-7-9-17(19)34-5/h7-9,11-12,14,20H,6,10,13H2,1-5H3,(H,27,28)/t14-,20+/m0/s1/i3D3. The highest BCUT2D eigenvalue weighted by Gasteiger charge is 2.35. The van der Waals surface area contributed by atoms with Crippen molar-refractivity contribution in [1.29, 1.82) is 0 Å². The SMILES string of the molecule is [2H]C([2H])([2H])OCc1nnc(NS(=O)(=O)[C@@H](C)[C@@H](OCCC)c2ncc(Cl)cn2)n1-c1c(OC)cccc1OC. The molecule has 2 heterocycles. The average Bonchev–Trinajstić information content (AvgIpc) is 3.28. The van der Waals surface area contributed by atoms with Gasteiger partial charge in [-0.1, -0.05) is 24.6 Å². The van der Waals surface area contributed by atoms with Crippen LogP contribution in [0, 0.1) is 0 Å². The zero-order valence-electron chi connectivity index (χ0n) is 23.1. The molecule has 0 saturated carbocycles. The van der Waals surface area contributed by atoms with Gasteiger partial charge in [-0.25, -0.2) is 18.4 Å². The average molecular weight is 544 g/mol. The molecule has 12 nitrogen and oxygen atoms in total. The Bertz CT molecular complexity index is 1340. The zero-order valence-corrected chi connectivity index (χ0v) is 21.7. The van der Waals surface area contributed by atoms with E-state index in [1.807, 2.05) is 6.92 Å². The summed E-state index contributed by atoms with van der Waals surface area (Å²) in [6, 6.07) is 4.89. The molecule has 2 aromatic heterocycles. The van der Waals surface area contributed by atoms with E-state index >= 15 is 0 Å². The minimum atomic E-state index is -4.25. The van der Waals surface area contributed by atoms with Gasteiger partial charge in [-0.15, -0.1) is 10.2 Å². The first-order chi connectivity index (χ1) is 18.4. The fourth-order valence-electron chi connectivity index (χ4n) is 3.34. The highest BCUT2D eigenvalue weighted by atomic mass is 35.5. The van der Waals surface area contributed by atoms with Crippen LogP contribution in [0.15, 0.2) is 30.6 Å². The van der Waals surface area contributed by atoms with Crippen LogP contribution < -0.4 is 14.2 Å². The summed E-state index contributed by atoms with van der Waals surface area (Å²) in [4.78, 5) is 8.28. The number of nitrogens with zero attached hydrogens (tertiary/aromatic N) is 5. The molecule has 0 aliphatic rings. The Labute approximate surface area is 219 Å². The lowest BCUT2D eigenvalue weighted by atomic mass is 10.2. The van der Waals surface area contributed by atoms with Gasteiger partial charge in [0.05, 0.1) is 23.4 Å². The highest BCUT2D eigenvalue weighted by Crippen LogP contribution is 2.36. The molecule has 0 amide bonds. The molecular weight excluding hydrogens is 512 g/mol. The summed E-state index contributed by atoms with van der Waals surface area (Å²) in [5.74, 6) is 0.387. The number of ether oxygens (including phenoxy) is 4. The minimum Gasteiger partial charge on any atom is -0.494 e. The lowest BCUT2D eigenvalue weighted by molar-refractivity contribution is 0.0466. The Hall–Kier alpha value is -3.00. The van der Waals surface area contributed by atoms with E-state index < -0.39 is 35.0 Å². The Kier molecular flexibility index (Phi) is 8.00. The van der Waals surface area contributed by atoms with Gasteiger partial charge in [0.2, 0.25) is 16.0 Å². The number of anilines is 1. The van der Waals surface area contributed by atoms with Gasteiger partial charge in [0, 0.05) is 26.0 Å². The summed E-state index contributed by atoms with van der Waals surface area (Å²) in [5.41, 5.74) is 0.224. The molecule has 196 valence electrons. The molecule has 2 atom stereocenters. The summed E-state index contributed by atoms with van der Waals surface area (Å²) in [6.45, 7) is 3.04. The van der Waals surface area contributed by atoms with E-state index in [0.29, 0.717) is 6.42 Å². The molecule has 36 heavy (non-hydrogen) atoms. The van der Waals surface area contributed by atoms with Crippen molar-refractivity contribution < 1.29 is 31.5 Å². The van der Waals surface area contributed by atoms with Gasteiger partial charge in [0.15, 0.2) is 11.6 Å². The maximum Gasteiger partial charge on any atom is 0.243 e. The number of hydrogen-bond donors (Lipinski definition) is 1. The molecule has 14 heteroatoms. The predicted molar refractivity (Wildman–Crippen MR) is 133 cm³/mol. The molecule has 0 radical (unpaired) electrons. The molecule has 0 fully saturated rings. The molecule has 3 rings (SSSR count). The van der Waals surface area contributed by atoms with E-state index in [-0.39, 0.29) is 46.4 Å². The van der Waals surface area contributed by atoms with Crippen molar-refractivity contribution in [2.75, 3.05) is 32.6 Å². The lowest BCUT2D eigenvalue weighted by Crippen LogP contribution is -2.34. The van der Waals surface area contributed by atoms with E-state index in [9.17, 15) is 8.42 Å². The number of sulfonamides is 1. The minimum absolute atomic E-state index is 0.0286. The predicted octanol–water partition coefficient (Wildman–Crippen LogP) is 3.17. The van der Waals surface area contributed by atoms with Crippen molar-refractivity contribution in [3.05, 3.63) is 47.3 Å². The molecule has 1 aromatic carbocycles. The van der Waals surface area contributed by atoms with Crippen LogP contribution >= 0.6 is 11.6 Å². The van der Waals surface area contributed by atoms with Crippen LogP contribution in [0.25, 0.3) is 5.69 Å². The molecule has 0 unspecified atom stereocenters. The Morgan fingerprint density at radius 3 is 2.42 bits per heavy atom. The summed E-state index contributed by atoms with van der Waals surface area (Å²) >= 11 is 5.90. The third-order valence-electron chi connectivity index (χ3n) is 5.10. The van der Waals surface area contributed by atoms with Crippen molar-refractivity contribution in [3.8, 4) is 17.2 Å². The Balaban J connectivity index is 2.08. The Morgan fingerprint density at radius 1 is 1.17 bits per heavy atom. The van der Waals surface area contributed by atoms with E-state index in [2.05, 4.69) is 24.9 Å². The first-order valence-electron chi connectivity index (χ1n) is 12.3. The van der Waals surface area contributed by atoms with Gasteiger partial charge in [-0.3, -0.25) is 9.29 Å². The van der Waals surface area contributed by atoms with Gasteiger partial charge < -0.3 is 18.9 Å². The van der Waals surface area contributed by atoms with E-state index in [1.165, 1.54) is 38.1 Å². The second-order valence-electron chi connectivity index (χ2n) is 7.48. The molecule has 0 saturated heterocycles. The lowest BCUT2D eigenvalue weighted by Gasteiger charge is -2.24. The second kappa shape index (κ2) is 12.3. The molecule has 0 aliphatic heterocycles. The van der Waals surface area contributed by atoms with Gasteiger partial charge in [-0.05, 0) is 25.5 Å². The summed E-state index contributed by atoms with van der Waals surface area (Å²) in [6.07, 6.45) is 2.27. The van der Waals surface area contributed by atoms with Crippen LogP contribution in [-0.4, -0.2) is 66.3 Å². The number of nitrogens with one attached hydrogen (secondary N) is 1. The number of aromatic nitrogens is 5. The van der Waals surface area contributed by atoms with Crippen molar-refractivity contribution in [1.82, 2.24) is 24.7 Å². The van der Waals surface area contributed by atoms with Crippen molar-refractivity contribution >= 4 is 27.6 Å². The van der Waals surface area contributed by atoms with Gasteiger partial charge >= 0.3 is 0 Å². The van der Waals surface area contributed by atoms with Crippen molar-refractivity contribution in [2.45, 2.75) is 38.2 Å². The normalized spacial score (nSPS) is 14.9. The van der Waals surface area contributed by atoms with E-state index in [1.54, 1.807) is 18.2 Å². The van der Waals surface area contributed by atoms with Gasteiger partial charge in [0.1, 0.15) is 35.1 Å². The number of benzene rings is 1. The third-order valence-corrected chi connectivity index (χ3v) is 6.99. The number of halogens is 1. The van der Waals surface area contributed by atoms with Gasteiger partial charge in [0.25, 0.3) is 0 Å². The topological polar surface area (TPSA) is 140 Å². The molecule has 0 spiro atoms. The van der Waals surface area contributed by atoms with Crippen LogP contribution in [0.3, 0.4) is 0 Å². The fourth-order valence-corrected chi connectivity index (χ4v) is 4.54. The summed E-state index contributed by atoms with van der Waals surface area (Å²) in [7, 11) is -4.16. The molecule has 0 bridgehead atoms. The molecule has 1 N–H and O–H groups in total. The van der Waals surface area contributed by atoms with Crippen LogP contribution in [0.5, 0.6) is 11.5 Å². The quantitative estimate of drug-likeness (QED) is 0.342. The Morgan fingerprint density at radius 2 is 1.83 bits per heavy atom. The van der Waals surface area contributed by atoms with Crippen molar-refractivity contribution in [2.24, 2.45) is 0 Å². The number of para-hydroxylation sites is 1. The second-order valence-corrected chi connectivity index (χ2v) is 9.95. The van der Waals surface area contributed by atoms with Crippen LogP contribution in [0.1, 0.15) is 42.1 Å². The summed E-state index contributed by atoms with van der Waals surface area (Å²) < 4.78 is 74.8. The largest absolute Gasteiger partial charge is 0.494 e. The molecule has 3 aromatic rings. The molecular formula is C22H29ClN6O6S. The first kappa shape index (κ1) is 23.4. The first-order valence-corrected chi connectivity index (χ1v) is 12.7. The fraction of sp³-hybridized carbons (Fsp3) is 0.455. The monoisotopic (exact) mass is 543 g/mol. The van der Waals surface area contributed by atoms with Gasteiger partial charge in [-0.2, -0.15) is 0 Å². The highest BCUT2D eigenvalue weighted by molar-refractivity contribution is 7.93. The maximum absolute atomic E-state index is 13.6. The smallest absolute Gasteiger partial charge is 0.243 e. The summed E-state index contributed by atoms with van der Waals surface area (Å²) in [5, 5.41) is 7.03.